The third-order valence-electron chi connectivity index (χ3n) is 4.73. The van der Waals surface area contributed by atoms with E-state index < -0.39 is 0 Å². The molecule has 0 amide bonds. The summed E-state index contributed by atoms with van der Waals surface area (Å²) in [6.45, 7) is 6.69. The molecule has 0 unspecified atom stereocenters. The van der Waals surface area contributed by atoms with Crippen molar-refractivity contribution in [1.29, 1.82) is 0 Å². The molecule has 0 aromatic heterocycles. The van der Waals surface area contributed by atoms with Crippen LogP contribution in [0.4, 0.5) is 5.69 Å². The van der Waals surface area contributed by atoms with E-state index in [1.54, 1.807) is 0 Å². The average molecular weight is 288 g/mol. The maximum atomic E-state index is 5.06. The van der Waals surface area contributed by atoms with Crippen LogP contribution in [0, 0.1) is 19.8 Å². The Hall–Kier alpha value is -0.960. The summed E-state index contributed by atoms with van der Waals surface area (Å²) in [5.41, 5.74) is 4.06. The van der Waals surface area contributed by atoms with E-state index in [1.807, 2.05) is 11.8 Å². The van der Waals surface area contributed by atoms with Crippen LogP contribution in [0.25, 0.3) is 0 Å². The van der Waals surface area contributed by atoms with Gasteiger partial charge in [0, 0.05) is 11.4 Å². The molecule has 1 spiro atoms. The van der Waals surface area contributed by atoms with Gasteiger partial charge in [0.15, 0.2) is 5.17 Å². The minimum absolute atomic E-state index is 0.232. The van der Waals surface area contributed by atoms with Crippen molar-refractivity contribution < 1.29 is 0 Å². The highest BCUT2D eigenvalue weighted by atomic mass is 32.2. The van der Waals surface area contributed by atoms with Crippen molar-refractivity contribution in [3.8, 4) is 0 Å². The van der Waals surface area contributed by atoms with Crippen LogP contribution in [0.5, 0.6) is 0 Å². The van der Waals surface area contributed by atoms with Crippen molar-refractivity contribution in [2.45, 2.75) is 52.0 Å². The number of nitrogens with one attached hydrogen (secondary N) is 1. The molecule has 1 saturated carbocycles. The third-order valence-corrected chi connectivity index (χ3v) is 5.88. The van der Waals surface area contributed by atoms with Crippen LogP contribution in [0.1, 0.15) is 43.7 Å². The molecule has 1 aromatic carbocycles. The number of amidine groups is 1. The molecular weight excluding hydrogens is 264 g/mol. The lowest BCUT2D eigenvalue weighted by molar-refractivity contribution is 0.273. The fraction of sp³-hybridized carbons (Fsp3) is 0.588. The fourth-order valence-corrected chi connectivity index (χ4v) is 4.41. The highest BCUT2D eigenvalue weighted by Crippen LogP contribution is 2.41. The number of hydrogen-bond acceptors (Lipinski definition) is 3. The van der Waals surface area contributed by atoms with Crippen LogP contribution >= 0.6 is 11.8 Å². The van der Waals surface area contributed by atoms with E-state index in [0.717, 1.165) is 16.8 Å². The van der Waals surface area contributed by atoms with Gasteiger partial charge in [0.25, 0.3) is 0 Å². The third kappa shape index (κ3) is 2.73. The van der Waals surface area contributed by atoms with E-state index in [0.29, 0.717) is 0 Å². The van der Waals surface area contributed by atoms with Crippen LogP contribution in [0.15, 0.2) is 23.2 Å². The van der Waals surface area contributed by atoms with Crippen molar-refractivity contribution in [3.05, 3.63) is 29.3 Å². The van der Waals surface area contributed by atoms with Crippen molar-refractivity contribution in [2.24, 2.45) is 10.9 Å². The van der Waals surface area contributed by atoms with E-state index in [4.69, 9.17) is 4.99 Å². The predicted molar refractivity (Wildman–Crippen MR) is 89.8 cm³/mol. The van der Waals surface area contributed by atoms with E-state index in [-0.39, 0.29) is 5.54 Å². The van der Waals surface area contributed by atoms with Gasteiger partial charge in [-0.1, -0.05) is 36.9 Å². The molecule has 1 aromatic rings. The van der Waals surface area contributed by atoms with Gasteiger partial charge in [0.05, 0.1) is 5.54 Å². The Labute approximate surface area is 126 Å². The quantitative estimate of drug-likeness (QED) is 0.805. The van der Waals surface area contributed by atoms with Crippen molar-refractivity contribution >= 4 is 22.6 Å². The fourth-order valence-electron chi connectivity index (χ4n) is 3.22. The van der Waals surface area contributed by atoms with Gasteiger partial charge in [-0.25, -0.2) is 0 Å². The summed E-state index contributed by atoms with van der Waals surface area (Å²) in [5, 5.41) is 4.70. The summed E-state index contributed by atoms with van der Waals surface area (Å²) in [6.07, 6.45) is 5.19. The molecule has 1 aliphatic heterocycles. The number of para-hydroxylation sites is 1. The standard InChI is InChI=1S/C17H24N2S/c1-12-7-9-17(10-8-12)11-20-16(19-17)18-15-13(2)5-4-6-14(15)3/h4-6,12H,7-11H2,1-3H3,(H,18,19). The zero-order valence-electron chi connectivity index (χ0n) is 12.7. The Morgan fingerprint density at radius 2 is 1.85 bits per heavy atom. The molecule has 3 heteroatoms. The first-order valence-corrected chi connectivity index (χ1v) is 8.62. The molecule has 1 fully saturated rings. The molecular formula is C17H24N2S. The smallest absolute Gasteiger partial charge is 0.161 e. The lowest BCUT2D eigenvalue weighted by Crippen LogP contribution is -2.32. The Morgan fingerprint density at radius 1 is 1.20 bits per heavy atom. The first-order chi connectivity index (χ1) is 9.58. The Bertz CT molecular complexity index is 508. The van der Waals surface area contributed by atoms with E-state index >= 15 is 0 Å². The van der Waals surface area contributed by atoms with Gasteiger partial charge in [0.2, 0.25) is 0 Å². The van der Waals surface area contributed by atoms with Gasteiger partial charge in [-0.15, -0.1) is 0 Å². The van der Waals surface area contributed by atoms with Crippen LogP contribution < -0.4 is 5.32 Å². The van der Waals surface area contributed by atoms with Crippen molar-refractivity contribution in [3.63, 3.8) is 0 Å². The Kier molecular flexibility index (Phi) is 3.80. The number of nitrogens with zero attached hydrogens (tertiary/aromatic N) is 1. The summed E-state index contributed by atoms with van der Waals surface area (Å²) >= 11 is 1.90. The molecule has 3 rings (SSSR count). The van der Waals surface area contributed by atoms with E-state index in [1.165, 1.54) is 42.5 Å². The zero-order chi connectivity index (χ0) is 14.2. The Balaban J connectivity index is 1.76. The SMILES string of the molecule is Cc1cccc(C)c1NC1=NC2(CCC(C)CC2)CS1. The molecule has 1 N–H and O–H groups in total. The number of hydrogen-bond donors (Lipinski definition) is 1. The first kappa shape index (κ1) is 14.0. The van der Waals surface area contributed by atoms with Gasteiger partial charge < -0.3 is 5.32 Å². The number of thioether (sulfide) groups is 1. The predicted octanol–water partition coefficient (Wildman–Crippen LogP) is 4.77. The minimum atomic E-state index is 0.232. The molecule has 108 valence electrons. The normalized spacial score (nSPS) is 29.6. The van der Waals surface area contributed by atoms with Crippen LogP contribution in [-0.4, -0.2) is 16.5 Å². The lowest BCUT2D eigenvalue weighted by atomic mass is 9.79. The monoisotopic (exact) mass is 288 g/mol. The topological polar surface area (TPSA) is 24.4 Å². The molecule has 20 heavy (non-hydrogen) atoms. The zero-order valence-corrected chi connectivity index (χ0v) is 13.5. The summed E-state index contributed by atoms with van der Waals surface area (Å²) in [6, 6.07) is 6.44. The molecule has 0 bridgehead atoms. The average Bonchev–Trinajstić information content (AvgIpc) is 2.81. The molecule has 2 aliphatic rings. The van der Waals surface area contributed by atoms with Crippen LogP contribution in [0.3, 0.4) is 0 Å². The number of aryl methyl sites for hydroxylation is 2. The van der Waals surface area contributed by atoms with Crippen molar-refractivity contribution in [2.75, 3.05) is 11.1 Å². The van der Waals surface area contributed by atoms with Gasteiger partial charge in [0.1, 0.15) is 0 Å². The maximum Gasteiger partial charge on any atom is 0.161 e. The Morgan fingerprint density at radius 3 is 2.50 bits per heavy atom. The van der Waals surface area contributed by atoms with Gasteiger partial charge in [-0.2, -0.15) is 0 Å². The highest BCUT2D eigenvalue weighted by Gasteiger charge is 2.38. The first-order valence-electron chi connectivity index (χ1n) is 7.64. The molecule has 0 atom stereocenters. The highest BCUT2D eigenvalue weighted by molar-refractivity contribution is 8.14. The molecule has 0 radical (unpaired) electrons. The van der Waals surface area contributed by atoms with Gasteiger partial charge >= 0.3 is 0 Å². The van der Waals surface area contributed by atoms with Gasteiger partial charge in [-0.3, -0.25) is 4.99 Å². The summed E-state index contributed by atoms with van der Waals surface area (Å²) in [4.78, 5) is 5.06. The summed E-state index contributed by atoms with van der Waals surface area (Å²) < 4.78 is 0. The number of benzene rings is 1. The minimum Gasteiger partial charge on any atom is -0.335 e. The van der Waals surface area contributed by atoms with E-state index in [9.17, 15) is 0 Å². The largest absolute Gasteiger partial charge is 0.335 e. The van der Waals surface area contributed by atoms with Crippen LogP contribution in [0.2, 0.25) is 0 Å². The van der Waals surface area contributed by atoms with Gasteiger partial charge in [-0.05, 0) is 56.6 Å². The second-order valence-corrected chi connectivity index (χ2v) is 7.47. The molecule has 0 saturated heterocycles. The number of aliphatic imine (C=N–C) groups is 1. The lowest BCUT2D eigenvalue weighted by Gasteiger charge is -2.32. The molecule has 1 aliphatic carbocycles. The maximum absolute atomic E-state index is 5.06. The molecule has 2 nitrogen and oxygen atoms in total. The second-order valence-electron chi connectivity index (χ2n) is 6.50. The van der Waals surface area contributed by atoms with Crippen LogP contribution in [-0.2, 0) is 0 Å². The molecule has 1 heterocycles. The number of rotatable bonds is 1. The summed E-state index contributed by atoms with van der Waals surface area (Å²) in [5.74, 6) is 2.05. The van der Waals surface area contributed by atoms with E-state index in [2.05, 4.69) is 44.3 Å². The second kappa shape index (κ2) is 5.44. The number of anilines is 1. The summed E-state index contributed by atoms with van der Waals surface area (Å²) in [7, 11) is 0. The van der Waals surface area contributed by atoms with Crippen molar-refractivity contribution in [1.82, 2.24) is 0 Å².